The highest BCUT2D eigenvalue weighted by atomic mass is 19.3. The Bertz CT molecular complexity index is 789. The molecule has 0 saturated heterocycles. The number of hydrogen-bond acceptors (Lipinski definition) is 2. The number of rotatable bonds is 10. The molecule has 0 radical (unpaired) electrons. The van der Waals surface area contributed by atoms with Crippen molar-refractivity contribution in [3.63, 3.8) is 0 Å². The summed E-state index contributed by atoms with van der Waals surface area (Å²) in [6.07, 6.45) is 14.0. The Hall–Kier alpha value is -1.78. The maximum atomic E-state index is 9.62. The molecule has 0 aliphatic heterocycles. The van der Waals surface area contributed by atoms with Gasteiger partial charge in [0.2, 0.25) is 6.93 Å². The van der Waals surface area contributed by atoms with Crippen molar-refractivity contribution in [3.05, 3.63) is 65.3 Å². The van der Waals surface area contributed by atoms with Crippen molar-refractivity contribution in [2.45, 2.75) is 65.8 Å². The molecule has 4 heteroatoms. The number of fused-ring (bicyclic) bond motifs is 1. The van der Waals surface area contributed by atoms with Crippen molar-refractivity contribution >= 4 is 5.57 Å². The fourth-order valence-corrected chi connectivity index (χ4v) is 5.24. The second kappa shape index (κ2) is 14.5. The summed E-state index contributed by atoms with van der Waals surface area (Å²) in [5.74, 6) is 2.29. The molecule has 0 atom stereocenters. The Morgan fingerprint density at radius 2 is 1.82 bits per heavy atom. The molecule has 0 spiro atoms. The summed E-state index contributed by atoms with van der Waals surface area (Å²) in [5, 5.41) is 0. The van der Waals surface area contributed by atoms with Gasteiger partial charge in [0, 0.05) is 19.6 Å². The second-order valence-corrected chi connectivity index (χ2v) is 9.93. The fraction of sp³-hybridized carbons (Fsp3) is 0.586. The van der Waals surface area contributed by atoms with Crippen molar-refractivity contribution in [1.82, 2.24) is 4.90 Å². The van der Waals surface area contributed by atoms with Crippen molar-refractivity contribution < 1.29 is 8.78 Å². The van der Waals surface area contributed by atoms with Gasteiger partial charge in [-0.1, -0.05) is 63.8 Å². The molecule has 2 N–H and O–H groups in total. The van der Waals surface area contributed by atoms with Gasteiger partial charge < -0.3 is 5.73 Å². The predicted molar refractivity (Wildman–Crippen MR) is 138 cm³/mol. The van der Waals surface area contributed by atoms with E-state index in [9.17, 15) is 8.78 Å². The molecule has 1 fully saturated rings. The van der Waals surface area contributed by atoms with E-state index in [1.54, 1.807) is 0 Å². The third kappa shape index (κ3) is 8.50. The number of hydrogen-bond donors (Lipinski definition) is 1. The first-order valence-corrected chi connectivity index (χ1v) is 12.6. The maximum Gasteiger partial charge on any atom is 0.229 e. The van der Waals surface area contributed by atoms with Gasteiger partial charge in [0.1, 0.15) is 0 Å². The number of nitrogens with two attached hydrogens (primary N) is 1. The monoisotopic (exact) mass is 458 g/mol. The van der Waals surface area contributed by atoms with Gasteiger partial charge in [-0.3, -0.25) is 4.90 Å². The van der Waals surface area contributed by atoms with Gasteiger partial charge in [-0.05, 0) is 90.7 Å². The summed E-state index contributed by atoms with van der Waals surface area (Å²) >= 11 is 0. The topological polar surface area (TPSA) is 29.3 Å². The van der Waals surface area contributed by atoms with Gasteiger partial charge in [0.15, 0.2) is 0 Å². The molecule has 0 bridgehead atoms. The Kier molecular flexibility index (Phi) is 12.0. The minimum atomic E-state index is -1.75. The minimum absolute atomic E-state index is 0.694. The number of benzene rings is 1. The number of allylic oxidation sites excluding steroid dienone is 5. The molecule has 2 aliphatic rings. The Morgan fingerprint density at radius 1 is 1.15 bits per heavy atom. The second-order valence-electron chi connectivity index (χ2n) is 9.93. The molecule has 184 valence electrons. The third-order valence-electron chi connectivity index (χ3n) is 6.80. The van der Waals surface area contributed by atoms with Gasteiger partial charge >= 0.3 is 0 Å². The van der Waals surface area contributed by atoms with Crippen molar-refractivity contribution in [2.75, 3.05) is 26.6 Å². The SMILES string of the molecule is C=CC1=C(/C=C\CC)c2ccc(CN(CC(C)C)CC3CCC(CN)CC3)cc2C1.FCF. The summed E-state index contributed by atoms with van der Waals surface area (Å²) in [6.45, 7) is 13.5. The predicted octanol–water partition coefficient (Wildman–Crippen LogP) is 7.25. The Balaban J connectivity index is 0.00000122. The van der Waals surface area contributed by atoms with Crippen LogP contribution in [0.4, 0.5) is 8.78 Å². The standard InChI is InChI=1S/C28H42N2.CH2F2/c1-5-7-8-27-25(6-2)16-26-15-24(13-14-28(26)27)20-30(18-21(3)4)19-23-11-9-22(17-29)10-12-23;2-1-3/h6-8,13-15,21-23H,2,5,9-12,16-20,29H2,1,3-4H3;1H2/b8-7-;. The van der Waals surface area contributed by atoms with Crippen LogP contribution in [0.5, 0.6) is 0 Å². The molecular formula is C29H44F2N2. The Morgan fingerprint density at radius 3 is 2.39 bits per heavy atom. The highest BCUT2D eigenvalue weighted by Crippen LogP contribution is 2.35. The molecule has 2 nitrogen and oxygen atoms in total. The molecule has 1 aromatic carbocycles. The van der Waals surface area contributed by atoms with Crippen LogP contribution in [0.3, 0.4) is 0 Å². The van der Waals surface area contributed by atoms with Crippen LogP contribution in [0.15, 0.2) is 48.6 Å². The highest BCUT2D eigenvalue weighted by Gasteiger charge is 2.23. The molecule has 0 aromatic heterocycles. The molecule has 1 aromatic rings. The lowest BCUT2D eigenvalue weighted by molar-refractivity contribution is 0.162. The van der Waals surface area contributed by atoms with E-state index < -0.39 is 6.93 Å². The molecule has 0 heterocycles. The van der Waals surface area contributed by atoms with E-state index in [-0.39, 0.29) is 0 Å². The zero-order chi connectivity index (χ0) is 24.2. The van der Waals surface area contributed by atoms with E-state index in [1.165, 1.54) is 66.6 Å². The van der Waals surface area contributed by atoms with Gasteiger partial charge in [0.05, 0.1) is 0 Å². The summed E-state index contributed by atoms with van der Waals surface area (Å²) < 4.78 is 19.2. The van der Waals surface area contributed by atoms with Gasteiger partial charge in [-0.25, -0.2) is 8.78 Å². The van der Waals surface area contributed by atoms with E-state index >= 15 is 0 Å². The first-order valence-electron chi connectivity index (χ1n) is 12.6. The van der Waals surface area contributed by atoms with Crippen LogP contribution in [0.1, 0.15) is 69.6 Å². The van der Waals surface area contributed by atoms with Gasteiger partial charge in [0.25, 0.3) is 0 Å². The maximum absolute atomic E-state index is 9.62. The quantitative estimate of drug-likeness (QED) is 0.400. The van der Waals surface area contributed by atoms with Gasteiger partial charge in [-0.2, -0.15) is 0 Å². The normalized spacial score (nSPS) is 20.4. The third-order valence-corrected chi connectivity index (χ3v) is 6.80. The van der Waals surface area contributed by atoms with E-state index in [2.05, 4.69) is 62.6 Å². The fourth-order valence-electron chi connectivity index (χ4n) is 5.24. The van der Waals surface area contributed by atoms with E-state index in [1.807, 2.05) is 6.08 Å². The Labute approximate surface area is 200 Å². The van der Waals surface area contributed by atoms with E-state index in [4.69, 9.17) is 5.73 Å². The van der Waals surface area contributed by atoms with Gasteiger partial charge in [-0.15, -0.1) is 0 Å². The number of alkyl halides is 2. The summed E-state index contributed by atoms with van der Waals surface area (Å²) in [6, 6.07) is 7.14. The lowest BCUT2D eigenvalue weighted by Gasteiger charge is -2.33. The zero-order valence-electron chi connectivity index (χ0n) is 21.0. The lowest BCUT2D eigenvalue weighted by Crippen LogP contribution is -2.34. The summed E-state index contributed by atoms with van der Waals surface area (Å²) in [5.41, 5.74) is 12.9. The van der Waals surface area contributed by atoms with Crippen LogP contribution >= 0.6 is 0 Å². The van der Waals surface area contributed by atoms with Crippen LogP contribution in [0.25, 0.3) is 5.57 Å². The van der Waals surface area contributed by atoms with Crippen molar-refractivity contribution in [2.24, 2.45) is 23.5 Å². The van der Waals surface area contributed by atoms with Crippen molar-refractivity contribution in [1.29, 1.82) is 0 Å². The van der Waals surface area contributed by atoms with E-state index in [0.29, 0.717) is 5.92 Å². The first-order chi connectivity index (χ1) is 15.9. The summed E-state index contributed by atoms with van der Waals surface area (Å²) in [4.78, 5) is 2.70. The molecule has 0 unspecified atom stereocenters. The highest BCUT2D eigenvalue weighted by molar-refractivity contribution is 5.84. The van der Waals surface area contributed by atoms with Crippen LogP contribution in [0, 0.1) is 17.8 Å². The molecular weight excluding hydrogens is 414 g/mol. The molecule has 2 aliphatic carbocycles. The number of nitrogens with zero attached hydrogens (tertiary/aromatic N) is 1. The molecule has 1 saturated carbocycles. The first kappa shape index (κ1) is 27.5. The summed E-state index contributed by atoms with van der Waals surface area (Å²) in [7, 11) is 0. The van der Waals surface area contributed by atoms with Crippen LogP contribution in [-0.2, 0) is 13.0 Å². The molecule has 33 heavy (non-hydrogen) atoms. The smallest absolute Gasteiger partial charge is 0.229 e. The van der Waals surface area contributed by atoms with Crippen molar-refractivity contribution in [3.8, 4) is 0 Å². The number of halogens is 2. The van der Waals surface area contributed by atoms with E-state index in [0.717, 1.165) is 37.8 Å². The van der Waals surface area contributed by atoms with Crippen LogP contribution < -0.4 is 5.73 Å². The molecule has 0 amide bonds. The lowest BCUT2D eigenvalue weighted by atomic mass is 9.81. The van der Waals surface area contributed by atoms with Crippen LogP contribution in [0.2, 0.25) is 0 Å². The van der Waals surface area contributed by atoms with Crippen LogP contribution in [-0.4, -0.2) is 31.5 Å². The average Bonchev–Trinajstić information content (AvgIpc) is 3.15. The zero-order valence-corrected chi connectivity index (χ0v) is 21.0. The largest absolute Gasteiger partial charge is 0.330 e. The minimum Gasteiger partial charge on any atom is -0.330 e. The molecule has 3 rings (SSSR count). The average molecular weight is 459 g/mol.